The molecule has 0 aliphatic rings. The van der Waals surface area contributed by atoms with Gasteiger partial charge in [0.15, 0.2) is 0 Å². The Morgan fingerprint density at radius 1 is 1.05 bits per heavy atom. The Morgan fingerprint density at radius 3 is 2.45 bits per heavy atom. The Hall–Kier alpha value is -1.92. The number of alkyl halides is 3. The SMILES string of the molecule is FC(F)(F)Oc1ccccc1/C=N\Nc1ccc(Cl)c(Cl)c1. The molecule has 0 amide bonds. The van der Waals surface area contributed by atoms with Crippen LogP contribution in [0.4, 0.5) is 18.9 Å². The van der Waals surface area contributed by atoms with Crippen molar-refractivity contribution in [2.45, 2.75) is 6.36 Å². The number of hydrazone groups is 1. The number of nitrogens with one attached hydrogen (secondary N) is 1. The van der Waals surface area contributed by atoms with E-state index in [1.807, 2.05) is 0 Å². The van der Waals surface area contributed by atoms with E-state index in [0.717, 1.165) is 0 Å². The summed E-state index contributed by atoms with van der Waals surface area (Å²) in [5, 5.41) is 4.57. The molecule has 0 fully saturated rings. The number of hydrogen-bond acceptors (Lipinski definition) is 3. The lowest BCUT2D eigenvalue weighted by molar-refractivity contribution is -0.274. The molecule has 0 unspecified atom stereocenters. The van der Waals surface area contributed by atoms with Crippen LogP contribution in [0.15, 0.2) is 47.6 Å². The highest BCUT2D eigenvalue weighted by Crippen LogP contribution is 2.26. The Kier molecular flexibility index (Phi) is 5.15. The molecular weight excluding hydrogens is 340 g/mol. The molecule has 1 N–H and O–H groups in total. The molecule has 0 bridgehead atoms. The zero-order chi connectivity index (χ0) is 16.2. The summed E-state index contributed by atoms with van der Waals surface area (Å²) in [4.78, 5) is 0. The van der Waals surface area contributed by atoms with Crippen molar-refractivity contribution in [2.24, 2.45) is 5.10 Å². The van der Waals surface area contributed by atoms with Gasteiger partial charge >= 0.3 is 6.36 Å². The number of para-hydroxylation sites is 1. The van der Waals surface area contributed by atoms with Crippen molar-refractivity contribution in [3.63, 3.8) is 0 Å². The second-order valence-corrected chi connectivity index (χ2v) is 4.90. The molecule has 0 saturated carbocycles. The van der Waals surface area contributed by atoms with Crippen molar-refractivity contribution in [2.75, 3.05) is 5.43 Å². The summed E-state index contributed by atoms with van der Waals surface area (Å²) in [7, 11) is 0. The smallest absolute Gasteiger partial charge is 0.405 e. The molecule has 22 heavy (non-hydrogen) atoms. The monoisotopic (exact) mass is 348 g/mol. The molecule has 8 heteroatoms. The van der Waals surface area contributed by atoms with E-state index in [9.17, 15) is 13.2 Å². The Balaban J connectivity index is 2.11. The lowest BCUT2D eigenvalue weighted by atomic mass is 10.2. The second-order valence-electron chi connectivity index (χ2n) is 4.08. The van der Waals surface area contributed by atoms with Crippen LogP contribution in [0.5, 0.6) is 5.75 Å². The van der Waals surface area contributed by atoms with Gasteiger partial charge in [0.1, 0.15) is 5.75 Å². The van der Waals surface area contributed by atoms with Crippen LogP contribution in [0.2, 0.25) is 10.0 Å². The summed E-state index contributed by atoms with van der Waals surface area (Å²) in [6.07, 6.45) is -3.55. The standard InChI is InChI=1S/C14H9Cl2F3N2O/c15-11-6-5-10(7-12(11)16)21-20-8-9-3-1-2-4-13(9)22-14(17,18)19/h1-8,21H/b20-8-. The van der Waals surface area contributed by atoms with Crippen molar-refractivity contribution >= 4 is 35.1 Å². The second kappa shape index (κ2) is 6.89. The first-order chi connectivity index (χ1) is 10.3. The average molecular weight is 349 g/mol. The lowest BCUT2D eigenvalue weighted by Gasteiger charge is -2.10. The van der Waals surface area contributed by atoms with Crippen molar-refractivity contribution in [3.8, 4) is 5.75 Å². The zero-order valence-electron chi connectivity index (χ0n) is 10.9. The third kappa shape index (κ3) is 4.82. The fraction of sp³-hybridized carbons (Fsp3) is 0.0714. The van der Waals surface area contributed by atoms with Crippen molar-refractivity contribution in [3.05, 3.63) is 58.1 Å². The van der Waals surface area contributed by atoms with Gasteiger partial charge in [-0.25, -0.2) is 0 Å². The largest absolute Gasteiger partial charge is 0.573 e. The van der Waals surface area contributed by atoms with Crippen LogP contribution in [0, 0.1) is 0 Å². The number of anilines is 1. The van der Waals surface area contributed by atoms with Crippen molar-refractivity contribution in [1.29, 1.82) is 0 Å². The van der Waals surface area contributed by atoms with Gasteiger partial charge in [0.25, 0.3) is 0 Å². The zero-order valence-corrected chi connectivity index (χ0v) is 12.4. The van der Waals surface area contributed by atoms with Gasteiger partial charge < -0.3 is 4.74 Å². The van der Waals surface area contributed by atoms with Gasteiger partial charge in [-0.05, 0) is 30.3 Å². The molecule has 116 valence electrons. The molecule has 3 nitrogen and oxygen atoms in total. The maximum atomic E-state index is 12.3. The van der Waals surface area contributed by atoms with Gasteiger partial charge in [-0.15, -0.1) is 13.2 Å². The molecule has 0 spiro atoms. The maximum Gasteiger partial charge on any atom is 0.573 e. The number of benzene rings is 2. The van der Waals surface area contributed by atoms with Gasteiger partial charge in [-0.3, -0.25) is 5.43 Å². The molecule has 0 saturated heterocycles. The highest BCUT2D eigenvalue weighted by atomic mass is 35.5. The lowest BCUT2D eigenvalue weighted by Crippen LogP contribution is -2.18. The van der Waals surface area contributed by atoms with E-state index in [0.29, 0.717) is 15.7 Å². The van der Waals surface area contributed by atoms with Crippen molar-refractivity contribution < 1.29 is 17.9 Å². The predicted octanol–water partition coefficient (Wildman–Crippen LogP) is 5.34. The highest BCUT2D eigenvalue weighted by molar-refractivity contribution is 6.42. The number of ether oxygens (including phenoxy) is 1. The molecule has 0 radical (unpaired) electrons. The number of halogens is 5. The van der Waals surface area contributed by atoms with Crippen LogP contribution in [0.1, 0.15) is 5.56 Å². The normalized spacial score (nSPS) is 11.7. The fourth-order valence-corrected chi connectivity index (χ4v) is 1.84. The summed E-state index contributed by atoms with van der Waals surface area (Å²) in [5.74, 6) is -0.338. The van der Waals surface area contributed by atoms with Crippen LogP contribution in [0.25, 0.3) is 0 Å². The summed E-state index contributed by atoms with van der Waals surface area (Å²) in [5.41, 5.74) is 3.36. The third-order valence-electron chi connectivity index (χ3n) is 2.46. The average Bonchev–Trinajstić information content (AvgIpc) is 2.43. The summed E-state index contributed by atoms with van der Waals surface area (Å²) in [6.45, 7) is 0. The van der Waals surface area contributed by atoms with Crippen LogP contribution >= 0.6 is 23.2 Å². The van der Waals surface area contributed by atoms with E-state index >= 15 is 0 Å². The molecule has 0 atom stereocenters. The minimum absolute atomic E-state index is 0.174. The van der Waals surface area contributed by atoms with E-state index in [4.69, 9.17) is 23.2 Å². The fourth-order valence-electron chi connectivity index (χ4n) is 1.55. The van der Waals surface area contributed by atoms with E-state index in [1.165, 1.54) is 24.4 Å². The van der Waals surface area contributed by atoms with Crippen LogP contribution in [-0.2, 0) is 0 Å². The summed E-state index contributed by atoms with van der Waals surface area (Å²) >= 11 is 11.6. The molecule has 0 heterocycles. The summed E-state index contributed by atoms with van der Waals surface area (Å²) in [6, 6.07) is 10.4. The number of nitrogens with zero attached hydrogens (tertiary/aromatic N) is 1. The third-order valence-corrected chi connectivity index (χ3v) is 3.20. The molecule has 2 rings (SSSR count). The molecule has 0 aromatic heterocycles. The topological polar surface area (TPSA) is 33.6 Å². The maximum absolute atomic E-state index is 12.3. The number of hydrogen-bond donors (Lipinski definition) is 1. The van der Waals surface area contributed by atoms with E-state index < -0.39 is 6.36 Å². The number of rotatable bonds is 4. The molecule has 2 aromatic rings. The van der Waals surface area contributed by atoms with E-state index in [2.05, 4.69) is 15.3 Å². The van der Waals surface area contributed by atoms with Crippen LogP contribution in [0.3, 0.4) is 0 Å². The first-order valence-corrected chi connectivity index (χ1v) is 6.69. The molecule has 2 aromatic carbocycles. The van der Waals surface area contributed by atoms with E-state index in [1.54, 1.807) is 24.3 Å². The first kappa shape index (κ1) is 16.5. The van der Waals surface area contributed by atoms with E-state index in [-0.39, 0.29) is 11.3 Å². The van der Waals surface area contributed by atoms with Gasteiger partial charge in [0.2, 0.25) is 0 Å². The minimum Gasteiger partial charge on any atom is -0.405 e. The molecule has 0 aliphatic carbocycles. The van der Waals surface area contributed by atoms with Gasteiger partial charge in [-0.2, -0.15) is 5.10 Å². The molecular formula is C14H9Cl2F3N2O. The predicted molar refractivity (Wildman–Crippen MR) is 80.8 cm³/mol. The Morgan fingerprint density at radius 2 is 1.77 bits per heavy atom. The Labute approximate surface area is 134 Å². The highest BCUT2D eigenvalue weighted by Gasteiger charge is 2.31. The minimum atomic E-state index is -4.76. The van der Waals surface area contributed by atoms with Crippen LogP contribution < -0.4 is 10.2 Å². The van der Waals surface area contributed by atoms with Gasteiger partial charge in [0, 0.05) is 5.56 Å². The summed E-state index contributed by atoms with van der Waals surface area (Å²) < 4.78 is 40.8. The molecule has 0 aliphatic heterocycles. The van der Waals surface area contributed by atoms with Crippen molar-refractivity contribution in [1.82, 2.24) is 0 Å². The quantitative estimate of drug-likeness (QED) is 0.597. The van der Waals surface area contributed by atoms with Gasteiger partial charge in [-0.1, -0.05) is 35.3 Å². The van der Waals surface area contributed by atoms with Crippen LogP contribution in [-0.4, -0.2) is 12.6 Å². The van der Waals surface area contributed by atoms with Gasteiger partial charge in [0.05, 0.1) is 21.9 Å². The Bertz CT molecular complexity index is 690. The first-order valence-electron chi connectivity index (χ1n) is 5.94.